The Bertz CT molecular complexity index is 562. The van der Waals surface area contributed by atoms with Gasteiger partial charge in [-0.3, -0.25) is 4.68 Å². The van der Waals surface area contributed by atoms with Gasteiger partial charge < -0.3 is 10.2 Å². The predicted molar refractivity (Wildman–Crippen MR) is 56.5 cm³/mol. The van der Waals surface area contributed by atoms with E-state index in [1.165, 1.54) is 17.9 Å². The Morgan fingerprint density at radius 1 is 1.39 bits per heavy atom. The monoisotopic (exact) mass is 279 g/mol. The number of nitrogens with zero attached hydrogens (tertiary/aromatic N) is 3. The summed E-state index contributed by atoms with van der Waals surface area (Å²) in [6, 6.07) is 0. The fourth-order valence-corrected chi connectivity index (χ4v) is 2.29. The first kappa shape index (κ1) is 13.0. The average molecular weight is 279 g/mol. The Morgan fingerprint density at radius 2 is 2.06 bits per heavy atom. The van der Waals surface area contributed by atoms with Crippen molar-refractivity contribution in [2.45, 2.75) is 12.5 Å². The lowest BCUT2D eigenvalue weighted by Crippen LogP contribution is -2.06. The van der Waals surface area contributed by atoms with Crippen LogP contribution in [0.2, 0.25) is 0 Å². The van der Waals surface area contributed by atoms with Crippen LogP contribution in [0.15, 0.2) is 11.6 Å². The van der Waals surface area contributed by atoms with Crippen molar-refractivity contribution in [2.24, 2.45) is 7.05 Å². The third-order valence-corrected chi connectivity index (χ3v) is 3.13. The molecule has 9 heteroatoms. The molecule has 2 rings (SSSR count). The lowest BCUT2D eigenvalue weighted by atomic mass is 10.2. The average Bonchev–Trinajstić information content (AvgIpc) is 2.81. The quantitative estimate of drug-likeness (QED) is 0.818. The van der Waals surface area contributed by atoms with Crippen LogP contribution in [0.1, 0.15) is 17.7 Å². The Morgan fingerprint density at radius 3 is 2.56 bits per heavy atom. The van der Waals surface area contributed by atoms with Gasteiger partial charge in [-0.15, -0.1) is 11.3 Å². The second-order valence-electron chi connectivity index (χ2n) is 3.48. The fraction of sp³-hybridized carbons (Fsp3) is 0.333. The lowest BCUT2D eigenvalue weighted by molar-refractivity contribution is -0.140. The van der Waals surface area contributed by atoms with Crippen LogP contribution in [0.4, 0.5) is 13.2 Å². The minimum atomic E-state index is -4.52. The highest BCUT2D eigenvalue weighted by Crippen LogP contribution is 2.35. The summed E-state index contributed by atoms with van der Waals surface area (Å²) in [4.78, 5) is 3.43. The number of hydrogen-bond donors (Lipinski definition) is 2. The van der Waals surface area contributed by atoms with Gasteiger partial charge >= 0.3 is 6.18 Å². The number of aliphatic hydroxyl groups is 2. The molecule has 0 fully saturated rings. The van der Waals surface area contributed by atoms with E-state index in [1.54, 1.807) is 0 Å². The first-order valence-corrected chi connectivity index (χ1v) is 5.60. The zero-order valence-electron chi connectivity index (χ0n) is 9.01. The smallest absolute Gasteiger partial charge is 0.363 e. The van der Waals surface area contributed by atoms with Gasteiger partial charge in [0.25, 0.3) is 0 Å². The molecule has 0 saturated heterocycles. The summed E-state index contributed by atoms with van der Waals surface area (Å²) in [5.74, 6) is 0. The van der Waals surface area contributed by atoms with E-state index in [0.717, 1.165) is 16.7 Å². The number of rotatable bonds is 2. The molecule has 0 unspecified atom stereocenters. The van der Waals surface area contributed by atoms with E-state index in [1.807, 2.05) is 0 Å². The SMILES string of the molecule is Cn1ncc(-c2nc(C(F)(F)F)cs2)c1C(O)O. The minimum absolute atomic E-state index is 0.00178. The van der Waals surface area contributed by atoms with Crippen molar-refractivity contribution in [1.82, 2.24) is 14.8 Å². The molecule has 0 radical (unpaired) electrons. The Labute approximate surface area is 103 Å². The van der Waals surface area contributed by atoms with Crippen molar-refractivity contribution in [3.63, 3.8) is 0 Å². The van der Waals surface area contributed by atoms with Gasteiger partial charge in [0.2, 0.25) is 0 Å². The number of halogens is 3. The van der Waals surface area contributed by atoms with E-state index in [0.29, 0.717) is 0 Å². The molecule has 2 heterocycles. The van der Waals surface area contributed by atoms with E-state index < -0.39 is 18.2 Å². The van der Waals surface area contributed by atoms with Crippen molar-refractivity contribution >= 4 is 11.3 Å². The van der Waals surface area contributed by atoms with Crippen molar-refractivity contribution in [2.75, 3.05) is 0 Å². The molecular formula is C9H8F3N3O2S. The Hall–Kier alpha value is -1.45. The highest BCUT2D eigenvalue weighted by Gasteiger charge is 2.34. The fourth-order valence-electron chi connectivity index (χ4n) is 1.45. The van der Waals surface area contributed by atoms with E-state index in [2.05, 4.69) is 10.1 Å². The Balaban J connectivity index is 2.47. The summed E-state index contributed by atoms with van der Waals surface area (Å²) in [7, 11) is 1.45. The second-order valence-corrected chi connectivity index (χ2v) is 4.33. The molecule has 98 valence electrons. The van der Waals surface area contributed by atoms with Gasteiger partial charge in [-0.25, -0.2) is 4.98 Å². The van der Waals surface area contributed by atoms with Crippen molar-refractivity contribution < 1.29 is 23.4 Å². The molecule has 0 aliphatic carbocycles. The van der Waals surface area contributed by atoms with Crippen LogP contribution in [0.5, 0.6) is 0 Å². The number of thiazole rings is 1. The number of aliphatic hydroxyl groups excluding tert-OH is 1. The minimum Gasteiger partial charge on any atom is -0.363 e. The van der Waals surface area contributed by atoms with E-state index in [4.69, 9.17) is 10.2 Å². The molecule has 2 aromatic rings. The highest BCUT2D eigenvalue weighted by atomic mass is 32.1. The van der Waals surface area contributed by atoms with Gasteiger partial charge in [0.1, 0.15) is 10.7 Å². The van der Waals surface area contributed by atoms with Crippen LogP contribution in [0.3, 0.4) is 0 Å². The molecular weight excluding hydrogens is 271 g/mol. The van der Waals surface area contributed by atoms with Crippen molar-refractivity contribution in [3.8, 4) is 10.6 Å². The maximum Gasteiger partial charge on any atom is 0.434 e. The molecule has 5 nitrogen and oxygen atoms in total. The van der Waals surface area contributed by atoms with Crippen LogP contribution in [-0.2, 0) is 13.2 Å². The largest absolute Gasteiger partial charge is 0.434 e. The third kappa shape index (κ3) is 2.24. The molecule has 2 N–H and O–H groups in total. The van der Waals surface area contributed by atoms with E-state index in [9.17, 15) is 13.2 Å². The van der Waals surface area contributed by atoms with Gasteiger partial charge in [0, 0.05) is 12.4 Å². The molecule has 0 atom stereocenters. The molecule has 0 aliphatic rings. The summed E-state index contributed by atoms with van der Waals surface area (Å²) in [6.07, 6.45) is -5.10. The summed E-state index contributed by atoms with van der Waals surface area (Å²) in [5, 5.41) is 23.0. The first-order valence-electron chi connectivity index (χ1n) is 4.72. The molecule has 0 spiro atoms. The van der Waals surface area contributed by atoms with Crippen molar-refractivity contribution in [1.29, 1.82) is 0 Å². The normalized spacial score (nSPS) is 12.4. The second kappa shape index (κ2) is 4.34. The first-order chi connectivity index (χ1) is 8.30. The molecule has 0 saturated carbocycles. The van der Waals surface area contributed by atoms with Gasteiger partial charge in [-0.1, -0.05) is 0 Å². The lowest BCUT2D eigenvalue weighted by Gasteiger charge is -2.06. The predicted octanol–water partition coefficient (Wildman–Crippen LogP) is 1.55. The maximum atomic E-state index is 12.4. The maximum absolute atomic E-state index is 12.4. The van der Waals surface area contributed by atoms with Crippen LogP contribution in [0, 0.1) is 0 Å². The van der Waals surface area contributed by atoms with Crippen LogP contribution < -0.4 is 0 Å². The zero-order valence-corrected chi connectivity index (χ0v) is 9.83. The summed E-state index contributed by atoms with van der Waals surface area (Å²) < 4.78 is 38.4. The van der Waals surface area contributed by atoms with Gasteiger partial charge in [-0.05, 0) is 0 Å². The summed E-state index contributed by atoms with van der Waals surface area (Å²) >= 11 is 0.768. The van der Waals surface area contributed by atoms with Gasteiger partial charge in [0.05, 0.1) is 11.8 Å². The standard InChI is InChI=1S/C9H8F3N3O2S/c1-15-6(8(16)17)4(2-13-15)7-14-5(3-18-7)9(10,11)12/h2-3,8,16-17H,1H3. The molecule has 0 bridgehead atoms. The number of alkyl halides is 3. The summed E-state index contributed by atoms with van der Waals surface area (Å²) in [5.41, 5.74) is -0.837. The molecule has 0 aromatic carbocycles. The molecule has 0 amide bonds. The van der Waals surface area contributed by atoms with Crippen LogP contribution in [-0.4, -0.2) is 25.0 Å². The van der Waals surface area contributed by atoms with Crippen LogP contribution >= 0.6 is 11.3 Å². The zero-order chi connectivity index (χ0) is 13.5. The number of aromatic nitrogens is 3. The van der Waals surface area contributed by atoms with Gasteiger partial charge in [-0.2, -0.15) is 18.3 Å². The Kier molecular flexibility index (Phi) is 3.13. The number of aryl methyl sites for hydroxylation is 1. The van der Waals surface area contributed by atoms with E-state index >= 15 is 0 Å². The van der Waals surface area contributed by atoms with Crippen LogP contribution in [0.25, 0.3) is 10.6 Å². The van der Waals surface area contributed by atoms with Gasteiger partial charge in [0.15, 0.2) is 12.0 Å². The summed E-state index contributed by atoms with van der Waals surface area (Å²) in [6.45, 7) is 0. The third-order valence-electron chi connectivity index (χ3n) is 2.25. The highest BCUT2D eigenvalue weighted by molar-refractivity contribution is 7.13. The van der Waals surface area contributed by atoms with Crippen molar-refractivity contribution in [3.05, 3.63) is 23.0 Å². The molecule has 0 aliphatic heterocycles. The number of hydrogen-bond acceptors (Lipinski definition) is 5. The molecule has 18 heavy (non-hydrogen) atoms. The van der Waals surface area contributed by atoms with E-state index in [-0.39, 0.29) is 16.3 Å². The molecule has 2 aromatic heterocycles. The topological polar surface area (TPSA) is 71.2 Å².